The summed E-state index contributed by atoms with van der Waals surface area (Å²) in [5.41, 5.74) is 7.30. The maximum absolute atomic E-state index is 7.13. The Morgan fingerprint density at radius 1 is 1.33 bits per heavy atom. The molecule has 1 aliphatic heterocycles. The monoisotopic (exact) mass is 331 g/mol. The van der Waals surface area contributed by atoms with E-state index in [0.29, 0.717) is 12.5 Å². The molecule has 6 nitrogen and oxygen atoms in total. The molecule has 6 heteroatoms. The van der Waals surface area contributed by atoms with E-state index in [2.05, 4.69) is 11.9 Å². The number of hydrazine groups is 1. The van der Waals surface area contributed by atoms with Gasteiger partial charge in [-0.25, -0.2) is 5.84 Å². The molecule has 5 N–H and O–H groups in total. The lowest BCUT2D eigenvalue weighted by atomic mass is 9.89. The van der Waals surface area contributed by atoms with E-state index in [1.165, 1.54) is 30.9 Å². The average molecular weight is 331 g/mol. The summed E-state index contributed by atoms with van der Waals surface area (Å²) in [6.45, 7) is 3.05. The molecule has 2 fully saturated rings. The number of ether oxygens (including phenoxy) is 1. The molecular formula is C18H29N5O. The van der Waals surface area contributed by atoms with E-state index in [1.54, 1.807) is 0 Å². The number of nitrogens with two attached hydrogens (primary N) is 2. The molecule has 2 aliphatic rings. The van der Waals surface area contributed by atoms with Gasteiger partial charge < -0.3 is 15.4 Å². The summed E-state index contributed by atoms with van der Waals surface area (Å²) in [4.78, 5) is 2.41. The van der Waals surface area contributed by atoms with Crippen LogP contribution in [0, 0.1) is 17.2 Å². The zero-order valence-electron chi connectivity index (χ0n) is 14.4. The zero-order chi connectivity index (χ0) is 17.2. The Bertz CT molecular complexity index is 555. The standard InChI is InChI=1S/C18H29N5O/c1-22-9-6-14(7-10-22)17-12-18(17,20)8-11-24-16-4-2-15(3-5-16)23(21)13-19/h2-5,13-14,17,19H,6-12,20-21H2,1H3. The summed E-state index contributed by atoms with van der Waals surface area (Å²) in [6.07, 6.45) is 5.70. The minimum Gasteiger partial charge on any atom is -0.494 e. The van der Waals surface area contributed by atoms with Gasteiger partial charge in [-0.1, -0.05) is 0 Å². The molecule has 1 aromatic rings. The van der Waals surface area contributed by atoms with Gasteiger partial charge in [0.2, 0.25) is 0 Å². The van der Waals surface area contributed by atoms with Gasteiger partial charge in [-0.2, -0.15) is 0 Å². The zero-order valence-corrected chi connectivity index (χ0v) is 14.4. The van der Waals surface area contributed by atoms with Gasteiger partial charge in [-0.3, -0.25) is 10.4 Å². The van der Waals surface area contributed by atoms with Gasteiger partial charge >= 0.3 is 0 Å². The van der Waals surface area contributed by atoms with Gasteiger partial charge in [-0.15, -0.1) is 0 Å². The smallest absolute Gasteiger partial charge is 0.119 e. The molecular weight excluding hydrogens is 302 g/mol. The number of benzene rings is 1. The minimum absolute atomic E-state index is 0.0191. The molecule has 24 heavy (non-hydrogen) atoms. The molecule has 1 heterocycles. The van der Waals surface area contributed by atoms with Crippen LogP contribution in [0.2, 0.25) is 0 Å². The van der Waals surface area contributed by atoms with Gasteiger partial charge in [-0.05, 0) is 81.9 Å². The van der Waals surface area contributed by atoms with Crippen LogP contribution in [-0.4, -0.2) is 43.5 Å². The van der Waals surface area contributed by atoms with Gasteiger partial charge in [0, 0.05) is 5.54 Å². The summed E-state index contributed by atoms with van der Waals surface area (Å²) >= 11 is 0. The van der Waals surface area contributed by atoms with E-state index in [0.717, 1.165) is 36.5 Å². The highest BCUT2D eigenvalue weighted by Crippen LogP contribution is 2.51. The third-order valence-corrected chi connectivity index (χ3v) is 5.62. The van der Waals surface area contributed by atoms with Crippen LogP contribution in [0.25, 0.3) is 0 Å². The molecule has 1 saturated heterocycles. The van der Waals surface area contributed by atoms with Crippen molar-refractivity contribution in [2.75, 3.05) is 31.8 Å². The normalized spacial score (nSPS) is 27.7. The first-order chi connectivity index (χ1) is 11.5. The average Bonchev–Trinajstić information content (AvgIpc) is 3.27. The number of nitrogens with one attached hydrogen (secondary N) is 1. The van der Waals surface area contributed by atoms with Gasteiger partial charge in [0.1, 0.15) is 12.1 Å². The van der Waals surface area contributed by atoms with Gasteiger partial charge in [0.15, 0.2) is 0 Å². The fraction of sp³-hybridized carbons (Fsp3) is 0.611. The van der Waals surface area contributed by atoms with Crippen molar-refractivity contribution in [2.24, 2.45) is 23.4 Å². The molecule has 0 bridgehead atoms. The summed E-state index contributed by atoms with van der Waals surface area (Å²) in [6, 6.07) is 7.44. The SMILES string of the molecule is CN1CCC(C2CC2(N)CCOc2ccc(N(N)C=N)cc2)CC1. The topological polar surface area (TPSA) is 91.6 Å². The van der Waals surface area contributed by atoms with E-state index in [9.17, 15) is 0 Å². The van der Waals surface area contributed by atoms with Crippen molar-refractivity contribution < 1.29 is 4.74 Å². The maximum Gasteiger partial charge on any atom is 0.119 e. The van der Waals surface area contributed by atoms with Crippen molar-refractivity contribution in [1.29, 1.82) is 5.41 Å². The van der Waals surface area contributed by atoms with Gasteiger partial charge in [0.05, 0.1) is 12.3 Å². The van der Waals surface area contributed by atoms with E-state index in [-0.39, 0.29) is 5.54 Å². The number of piperidine rings is 1. The van der Waals surface area contributed by atoms with Crippen LogP contribution in [0.1, 0.15) is 25.7 Å². The lowest BCUT2D eigenvalue weighted by Crippen LogP contribution is -2.35. The second-order valence-electron chi connectivity index (χ2n) is 7.31. The second-order valence-corrected chi connectivity index (χ2v) is 7.31. The lowest BCUT2D eigenvalue weighted by Gasteiger charge is -2.30. The molecule has 1 aliphatic carbocycles. The summed E-state index contributed by atoms with van der Waals surface area (Å²) in [7, 11) is 2.20. The Morgan fingerprint density at radius 3 is 2.62 bits per heavy atom. The van der Waals surface area contributed by atoms with Crippen LogP contribution >= 0.6 is 0 Å². The van der Waals surface area contributed by atoms with Crippen LogP contribution < -0.4 is 21.3 Å². The molecule has 0 aromatic heterocycles. The Labute approximate surface area is 144 Å². The van der Waals surface area contributed by atoms with E-state index in [1.807, 2.05) is 24.3 Å². The number of hydrogen-bond acceptors (Lipinski definition) is 5. The number of hydrogen-bond donors (Lipinski definition) is 3. The number of anilines is 1. The maximum atomic E-state index is 7.13. The lowest BCUT2D eigenvalue weighted by molar-refractivity contribution is 0.192. The molecule has 1 saturated carbocycles. The predicted octanol–water partition coefficient (Wildman–Crippen LogP) is 1.80. The fourth-order valence-corrected chi connectivity index (χ4v) is 3.85. The Morgan fingerprint density at radius 2 is 2.00 bits per heavy atom. The van der Waals surface area contributed by atoms with Crippen LogP contribution in [0.4, 0.5) is 5.69 Å². The largest absolute Gasteiger partial charge is 0.494 e. The van der Waals surface area contributed by atoms with Crippen LogP contribution in [0.3, 0.4) is 0 Å². The molecule has 3 rings (SSSR count). The fourth-order valence-electron chi connectivity index (χ4n) is 3.85. The first-order valence-electron chi connectivity index (χ1n) is 8.77. The molecule has 0 spiro atoms. The Kier molecular flexibility index (Phi) is 5.08. The van der Waals surface area contributed by atoms with Crippen LogP contribution in [0.15, 0.2) is 24.3 Å². The summed E-state index contributed by atoms with van der Waals surface area (Å²) < 4.78 is 5.84. The summed E-state index contributed by atoms with van der Waals surface area (Å²) in [5.74, 6) is 7.92. The number of likely N-dealkylation sites (tertiary alicyclic amines) is 1. The molecule has 1 aromatic carbocycles. The van der Waals surface area contributed by atoms with E-state index < -0.39 is 0 Å². The predicted molar refractivity (Wildman–Crippen MR) is 97.3 cm³/mol. The van der Waals surface area contributed by atoms with Crippen molar-refractivity contribution in [3.8, 4) is 5.75 Å². The first-order valence-corrected chi connectivity index (χ1v) is 8.77. The van der Waals surface area contributed by atoms with Crippen LogP contribution in [0.5, 0.6) is 5.75 Å². The van der Waals surface area contributed by atoms with E-state index >= 15 is 0 Å². The van der Waals surface area contributed by atoms with Crippen molar-refractivity contribution >= 4 is 12.0 Å². The third kappa shape index (κ3) is 3.88. The number of nitrogens with zero attached hydrogens (tertiary/aromatic N) is 2. The molecule has 2 unspecified atom stereocenters. The molecule has 0 amide bonds. The van der Waals surface area contributed by atoms with Crippen molar-refractivity contribution in [3.63, 3.8) is 0 Å². The van der Waals surface area contributed by atoms with Crippen LogP contribution in [-0.2, 0) is 0 Å². The molecule has 132 valence electrons. The number of rotatable bonds is 7. The third-order valence-electron chi connectivity index (χ3n) is 5.62. The molecule has 0 radical (unpaired) electrons. The highest BCUT2D eigenvalue weighted by atomic mass is 16.5. The van der Waals surface area contributed by atoms with Gasteiger partial charge in [0.25, 0.3) is 0 Å². The van der Waals surface area contributed by atoms with E-state index in [4.69, 9.17) is 21.7 Å². The second kappa shape index (κ2) is 7.09. The summed E-state index contributed by atoms with van der Waals surface area (Å²) in [5, 5.41) is 8.39. The Balaban J connectivity index is 1.43. The minimum atomic E-state index is -0.0191. The van der Waals surface area contributed by atoms with Crippen molar-refractivity contribution in [1.82, 2.24) is 4.90 Å². The van der Waals surface area contributed by atoms with Crippen molar-refractivity contribution in [3.05, 3.63) is 24.3 Å². The molecule has 2 atom stereocenters. The Hall–Kier alpha value is -1.63. The highest BCUT2D eigenvalue weighted by Gasteiger charge is 2.54. The highest BCUT2D eigenvalue weighted by molar-refractivity contribution is 5.75. The first kappa shape index (κ1) is 17.2. The van der Waals surface area contributed by atoms with Crippen molar-refractivity contribution in [2.45, 2.75) is 31.2 Å². The quantitative estimate of drug-likeness (QED) is 0.307.